The van der Waals surface area contributed by atoms with Gasteiger partial charge in [-0.25, -0.2) is 0 Å². The second kappa shape index (κ2) is 6.49. The summed E-state index contributed by atoms with van der Waals surface area (Å²) in [5.74, 6) is 0. The van der Waals surface area contributed by atoms with Gasteiger partial charge in [-0.05, 0) is 13.3 Å². The van der Waals surface area contributed by atoms with Gasteiger partial charge in [0.05, 0.1) is 6.42 Å². The van der Waals surface area contributed by atoms with Crippen LogP contribution in [0.1, 0.15) is 33.1 Å². The van der Waals surface area contributed by atoms with Gasteiger partial charge in [-0.1, -0.05) is 11.8 Å². The lowest BCUT2D eigenvalue weighted by molar-refractivity contribution is 0.859. The van der Waals surface area contributed by atoms with Crippen molar-refractivity contribution in [2.24, 2.45) is 0 Å². The van der Waals surface area contributed by atoms with Crippen LogP contribution in [0.4, 0.5) is 0 Å². The molecule has 0 spiro atoms. The van der Waals surface area contributed by atoms with Crippen molar-refractivity contribution in [2.45, 2.75) is 33.1 Å². The number of nitrogens with zero attached hydrogens (tertiary/aromatic N) is 1. The minimum absolute atomic E-state index is 0.948. The van der Waals surface area contributed by atoms with Crippen LogP contribution in [0.15, 0.2) is 0 Å². The molecule has 0 radical (unpaired) electrons. The molecule has 46 valence electrons. The summed E-state index contributed by atoms with van der Waals surface area (Å²) in [7, 11) is 0. The normalized spacial score (nSPS) is 7.75. The smallest absolute Gasteiger partial charge is 0.0837 e. The second-order valence-corrected chi connectivity index (χ2v) is 1.75. The molecule has 0 atom stereocenters. The molecular formula is C7H14N+. The molecule has 0 aliphatic carbocycles. The Hall–Kier alpha value is -0.510. The summed E-state index contributed by atoms with van der Waals surface area (Å²) in [4.78, 5) is 4.03. The van der Waals surface area contributed by atoms with E-state index in [-0.39, 0.29) is 0 Å². The molecular weight excluding hydrogens is 98.1 g/mol. The summed E-state index contributed by atoms with van der Waals surface area (Å²) >= 11 is 0. The number of hydrogen-bond donors (Lipinski definition) is 0. The molecule has 0 aromatic rings. The predicted octanol–water partition coefficient (Wildman–Crippen LogP) is 2.53. The molecule has 0 bridgehead atoms. The molecule has 0 aromatic carbocycles. The fourth-order valence-corrected chi connectivity index (χ4v) is 0.428. The number of unbranched alkanes of at least 4 members (excludes halogenated alkanes) is 1. The maximum Gasteiger partial charge on any atom is 0.272 e. The van der Waals surface area contributed by atoms with Crippen molar-refractivity contribution in [3.05, 3.63) is 4.85 Å². The van der Waals surface area contributed by atoms with Crippen molar-refractivity contribution in [3.8, 4) is 6.07 Å². The molecule has 0 aromatic heterocycles. The summed E-state index contributed by atoms with van der Waals surface area (Å²) in [6.45, 7) is 5.18. The van der Waals surface area contributed by atoms with E-state index in [9.17, 15) is 0 Å². The fraction of sp³-hybridized carbons (Fsp3) is 0.857. The van der Waals surface area contributed by atoms with Crippen LogP contribution in [0.3, 0.4) is 0 Å². The van der Waals surface area contributed by atoms with Crippen LogP contribution in [0.25, 0.3) is 4.85 Å². The van der Waals surface area contributed by atoms with E-state index >= 15 is 0 Å². The molecule has 8 heavy (non-hydrogen) atoms. The molecule has 0 saturated carbocycles. The first-order valence-corrected chi connectivity index (χ1v) is 3.31. The van der Waals surface area contributed by atoms with E-state index < -0.39 is 0 Å². The first-order chi connectivity index (χ1) is 3.91. The second-order valence-electron chi connectivity index (χ2n) is 1.75. The Kier molecular flexibility index (Phi) is 6.08. The summed E-state index contributed by atoms with van der Waals surface area (Å²) in [5.41, 5.74) is 0. The Morgan fingerprint density at radius 1 is 1.38 bits per heavy atom. The van der Waals surface area contributed by atoms with Crippen LogP contribution in [-0.4, -0.2) is 6.54 Å². The van der Waals surface area contributed by atoms with E-state index in [1.54, 1.807) is 0 Å². The van der Waals surface area contributed by atoms with Crippen LogP contribution in [0.2, 0.25) is 0 Å². The molecule has 0 amide bonds. The predicted molar refractivity (Wildman–Crippen MR) is 37.3 cm³/mol. The maximum absolute atomic E-state index is 4.03. The Balaban J connectivity index is 2.90. The molecule has 0 aliphatic rings. The van der Waals surface area contributed by atoms with Crippen LogP contribution in [-0.2, 0) is 0 Å². The third-order valence-corrected chi connectivity index (χ3v) is 0.893. The van der Waals surface area contributed by atoms with Crippen molar-refractivity contribution >= 4 is 0 Å². The first-order valence-electron chi connectivity index (χ1n) is 3.31. The van der Waals surface area contributed by atoms with Crippen LogP contribution < -0.4 is 0 Å². The highest BCUT2D eigenvalue weighted by Gasteiger charge is 1.85. The Labute approximate surface area is 51.5 Å². The van der Waals surface area contributed by atoms with E-state index in [0.29, 0.717) is 0 Å². The lowest BCUT2D eigenvalue weighted by Gasteiger charge is -1.72. The van der Waals surface area contributed by atoms with Crippen molar-refractivity contribution in [1.82, 2.24) is 0 Å². The van der Waals surface area contributed by atoms with Gasteiger partial charge in [0.25, 0.3) is 12.6 Å². The third-order valence-electron chi connectivity index (χ3n) is 0.893. The highest BCUT2D eigenvalue weighted by atomic mass is 14.6. The lowest BCUT2D eigenvalue weighted by atomic mass is 10.3. The van der Waals surface area contributed by atoms with Gasteiger partial charge in [0, 0.05) is 6.42 Å². The number of hydrogen-bond acceptors (Lipinski definition) is 0. The topological polar surface area (TPSA) is 4.36 Å². The molecule has 0 fully saturated rings. The van der Waals surface area contributed by atoms with Gasteiger partial charge < -0.3 is 0 Å². The fourth-order valence-electron chi connectivity index (χ4n) is 0.428. The molecule has 1 heteroatoms. The van der Waals surface area contributed by atoms with Crippen molar-refractivity contribution in [3.63, 3.8) is 0 Å². The van der Waals surface area contributed by atoms with Crippen LogP contribution >= 0.6 is 0 Å². The van der Waals surface area contributed by atoms with Gasteiger partial charge in [0.15, 0.2) is 0 Å². The zero-order valence-electron chi connectivity index (χ0n) is 5.78. The first kappa shape index (κ1) is 7.49. The zero-order valence-corrected chi connectivity index (χ0v) is 5.78. The SMILES string of the molecule is CCC#[N+]CCCC. The van der Waals surface area contributed by atoms with Gasteiger partial charge >= 0.3 is 0 Å². The average Bonchev–Trinajstić information content (AvgIpc) is 1.81. The molecule has 0 rings (SSSR count). The summed E-state index contributed by atoms with van der Waals surface area (Å²) in [6, 6.07) is 2.91. The van der Waals surface area contributed by atoms with E-state index in [0.717, 1.165) is 13.0 Å². The highest BCUT2D eigenvalue weighted by Crippen LogP contribution is 1.85. The molecule has 0 saturated heterocycles. The van der Waals surface area contributed by atoms with Crippen molar-refractivity contribution < 1.29 is 0 Å². The summed E-state index contributed by atoms with van der Waals surface area (Å²) in [5, 5.41) is 0. The van der Waals surface area contributed by atoms with E-state index in [4.69, 9.17) is 0 Å². The summed E-state index contributed by atoms with van der Waals surface area (Å²) < 4.78 is 0. The molecule has 0 N–H and O–H groups in total. The molecule has 1 nitrogen and oxygen atoms in total. The largest absolute Gasteiger partial charge is 0.272 e. The van der Waals surface area contributed by atoms with Gasteiger partial charge in [0.2, 0.25) is 0 Å². The van der Waals surface area contributed by atoms with Crippen molar-refractivity contribution in [2.75, 3.05) is 6.54 Å². The van der Waals surface area contributed by atoms with Gasteiger partial charge in [-0.3, -0.25) is 0 Å². The monoisotopic (exact) mass is 112 g/mol. The Morgan fingerprint density at radius 3 is 2.62 bits per heavy atom. The van der Waals surface area contributed by atoms with Crippen LogP contribution in [0, 0.1) is 6.07 Å². The van der Waals surface area contributed by atoms with E-state index in [1.165, 1.54) is 12.8 Å². The van der Waals surface area contributed by atoms with E-state index in [2.05, 4.69) is 24.8 Å². The van der Waals surface area contributed by atoms with Crippen molar-refractivity contribution in [1.29, 1.82) is 0 Å². The quantitative estimate of drug-likeness (QED) is 0.483. The molecule has 0 heterocycles. The number of rotatable bonds is 2. The molecule has 0 aliphatic heterocycles. The summed E-state index contributed by atoms with van der Waals surface area (Å²) in [6.07, 6.45) is 3.38. The van der Waals surface area contributed by atoms with E-state index in [1.807, 2.05) is 0 Å². The lowest BCUT2D eigenvalue weighted by Crippen LogP contribution is -1.71. The Bertz CT molecular complexity index is 86.3. The maximum atomic E-state index is 4.03. The zero-order chi connectivity index (χ0) is 6.24. The standard InChI is InChI=1S/C7H14N/c1-3-5-7-8-6-4-2/h3-5,7H2,1-2H3/q+1. The Morgan fingerprint density at radius 2 is 2.12 bits per heavy atom. The molecule has 0 unspecified atom stereocenters. The highest BCUT2D eigenvalue weighted by molar-refractivity contribution is 4.83. The van der Waals surface area contributed by atoms with Gasteiger partial charge in [-0.15, -0.1) is 0 Å². The van der Waals surface area contributed by atoms with Crippen LogP contribution in [0.5, 0.6) is 0 Å². The minimum Gasteiger partial charge on any atom is -0.0837 e. The average molecular weight is 112 g/mol. The third kappa shape index (κ3) is 5.49. The minimum atomic E-state index is 0.948. The van der Waals surface area contributed by atoms with Gasteiger partial charge in [0.1, 0.15) is 0 Å². The van der Waals surface area contributed by atoms with Gasteiger partial charge in [-0.2, -0.15) is 0 Å².